The maximum absolute atomic E-state index is 10.1. The molecule has 0 saturated carbocycles. The fraction of sp³-hybridized carbons (Fsp3) is 0.0667. The fourth-order valence-electron chi connectivity index (χ4n) is 1.87. The first-order valence-electron chi connectivity index (χ1n) is 6.41. The second-order valence-corrected chi connectivity index (χ2v) is 4.44. The highest BCUT2D eigenvalue weighted by molar-refractivity contribution is 5.58. The molecule has 0 unspecified atom stereocenters. The third kappa shape index (κ3) is 3.05. The van der Waals surface area contributed by atoms with Gasteiger partial charge in [-0.25, -0.2) is 9.78 Å². The number of ether oxygens (including phenoxy) is 1. The number of aromatic nitrogens is 4. The molecule has 0 saturated heterocycles. The van der Waals surface area contributed by atoms with Crippen LogP contribution in [0.3, 0.4) is 0 Å². The summed E-state index contributed by atoms with van der Waals surface area (Å²) in [6.07, 6.45) is 8.20. The Morgan fingerprint density at radius 3 is 2.77 bits per heavy atom. The van der Waals surface area contributed by atoms with E-state index in [4.69, 9.17) is 4.74 Å². The number of aryl methyl sites for hydroxylation is 1. The Morgan fingerprint density at radius 1 is 1.18 bits per heavy atom. The summed E-state index contributed by atoms with van der Waals surface area (Å²) >= 11 is 0. The SMILES string of the molecule is Cn1cc(-c2cc(Oc3ccc(N=C=O)nc3)ccn2)cn1. The van der Waals surface area contributed by atoms with Crippen molar-refractivity contribution in [3.63, 3.8) is 0 Å². The van der Waals surface area contributed by atoms with Gasteiger partial charge in [-0.05, 0) is 18.2 Å². The molecule has 0 aliphatic rings. The molecule has 3 rings (SSSR count). The first-order chi connectivity index (χ1) is 10.7. The van der Waals surface area contributed by atoms with Crippen LogP contribution in [0.4, 0.5) is 5.82 Å². The van der Waals surface area contributed by atoms with E-state index in [2.05, 4.69) is 20.1 Å². The lowest BCUT2D eigenvalue weighted by Crippen LogP contribution is -1.88. The topological polar surface area (TPSA) is 82.3 Å². The van der Waals surface area contributed by atoms with Gasteiger partial charge in [-0.15, -0.1) is 4.99 Å². The van der Waals surface area contributed by atoms with E-state index in [-0.39, 0.29) is 5.82 Å². The predicted octanol–water partition coefficient (Wildman–Crippen LogP) is 2.64. The van der Waals surface area contributed by atoms with E-state index >= 15 is 0 Å². The first kappa shape index (κ1) is 13.7. The summed E-state index contributed by atoms with van der Waals surface area (Å²) in [5.41, 5.74) is 1.67. The molecule has 0 aliphatic heterocycles. The maximum Gasteiger partial charge on any atom is 0.242 e. The van der Waals surface area contributed by atoms with Crippen molar-refractivity contribution < 1.29 is 9.53 Å². The summed E-state index contributed by atoms with van der Waals surface area (Å²) in [6.45, 7) is 0. The smallest absolute Gasteiger partial charge is 0.242 e. The lowest BCUT2D eigenvalue weighted by Gasteiger charge is -2.06. The van der Waals surface area contributed by atoms with Crippen LogP contribution < -0.4 is 4.74 Å². The zero-order chi connectivity index (χ0) is 15.4. The van der Waals surface area contributed by atoms with Gasteiger partial charge in [-0.3, -0.25) is 9.67 Å². The number of nitrogens with zero attached hydrogens (tertiary/aromatic N) is 5. The van der Waals surface area contributed by atoms with Gasteiger partial charge in [0.2, 0.25) is 6.08 Å². The molecule has 108 valence electrons. The monoisotopic (exact) mass is 293 g/mol. The van der Waals surface area contributed by atoms with Crippen LogP contribution in [0.5, 0.6) is 11.5 Å². The summed E-state index contributed by atoms with van der Waals surface area (Å²) in [5, 5.41) is 4.12. The van der Waals surface area contributed by atoms with Crippen LogP contribution >= 0.6 is 0 Å². The van der Waals surface area contributed by atoms with Crippen molar-refractivity contribution in [2.24, 2.45) is 12.0 Å². The Morgan fingerprint density at radius 2 is 2.09 bits per heavy atom. The van der Waals surface area contributed by atoms with E-state index in [0.717, 1.165) is 11.3 Å². The van der Waals surface area contributed by atoms with Crippen LogP contribution in [0.25, 0.3) is 11.3 Å². The van der Waals surface area contributed by atoms with E-state index in [0.29, 0.717) is 11.5 Å². The molecule has 7 nitrogen and oxygen atoms in total. The van der Waals surface area contributed by atoms with E-state index in [9.17, 15) is 4.79 Å². The molecule has 7 heteroatoms. The molecule has 3 heterocycles. The lowest BCUT2D eigenvalue weighted by molar-refractivity contribution is 0.480. The molecular weight excluding hydrogens is 282 g/mol. The highest BCUT2D eigenvalue weighted by atomic mass is 16.5. The molecule has 0 aliphatic carbocycles. The second kappa shape index (κ2) is 5.99. The molecule has 0 fully saturated rings. The number of hydrogen-bond donors (Lipinski definition) is 0. The van der Waals surface area contributed by atoms with Crippen molar-refractivity contribution in [1.29, 1.82) is 0 Å². The largest absolute Gasteiger partial charge is 0.456 e. The zero-order valence-electron chi connectivity index (χ0n) is 11.7. The van der Waals surface area contributed by atoms with Crippen molar-refractivity contribution in [2.75, 3.05) is 0 Å². The van der Waals surface area contributed by atoms with E-state index in [1.807, 2.05) is 19.3 Å². The van der Waals surface area contributed by atoms with Gasteiger partial charge >= 0.3 is 0 Å². The lowest BCUT2D eigenvalue weighted by atomic mass is 10.2. The van der Waals surface area contributed by atoms with Crippen LogP contribution in [0.15, 0.2) is 54.0 Å². The summed E-state index contributed by atoms with van der Waals surface area (Å²) in [5.74, 6) is 1.45. The third-order valence-electron chi connectivity index (χ3n) is 2.85. The summed E-state index contributed by atoms with van der Waals surface area (Å²) in [7, 11) is 1.85. The Bertz CT molecular complexity index is 835. The molecule has 0 radical (unpaired) electrons. The summed E-state index contributed by atoms with van der Waals surface area (Å²) in [6, 6.07) is 6.81. The molecule has 0 amide bonds. The van der Waals surface area contributed by atoms with Crippen LogP contribution in [-0.2, 0) is 11.8 Å². The van der Waals surface area contributed by atoms with Crippen LogP contribution in [0.1, 0.15) is 0 Å². The van der Waals surface area contributed by atoms with E-state index in [1.165, 1.54) is 12.3 Å². The van der Waals surface area contributed by atoms with Gasteiger partial charge in [0.15, 0.2) is 5.82 Å². The quantitative estimate of drug-likeness (QED) is 0.545. The molecule has 3 aromatic rings. The zero-order valence-corrected chi connectivity index (χ0v) is 11.7. The minimum absolute atomic E-state index is 0.285. The highest BCUT2D eigenvalue weighted by Gasteiger charge is 2.05. The van der Waals surface area contributed by atoms with Crippen molar-refractivity contribution in [3.05, 3.63) is 49.1 Å². The summed E-state index contributed by atoms with van der Waals surface area (Å²) < 4.78 is 7.42. The Balaban J connectivity index is 1.82. The standard InChI is InChI=1S/C15H11N5O2/c1-20-9-11(7-19-20)14-6-12(4-5-16-14)22-13-2-3-15(17-8-13)18-10-21/h2-9H,1H3. The number of rotatable bonds is 4. The predicted molar refractivity (Wildman–Crippen MR) is 78.5 cm³/mol. The molecule has 3 aromatic heterocycles. The van der Waals surface area contributed by atoms with Gasteiger partial charge in [-0.1, -0.05) is 0 Å². The molecule has 0 aromatic carbocycles. The summed E-state index contributed by atoms with van der Waals surface area (Å²) in [4.78, 5) is 21.8. The molecule has 0 bridgehead atoms. The Labute approximate surface area is 125 Å². The average molecular weight is 293 g/mol. The third-order valence-corrected chi connectivity index (χ3v) is 2.85. The average Bonchev–Trinajstić information content (AvgIpc) is 2.97. The van der Waals surface area contributed by atoms with Crippen molar-refractivity contribution in [1.82, 2.24) is 19.7 Å². The number of aliphatic imine (C=N–C) groups is 1. The van der Waals surface area contributed by atoms with Crippen LogP contribution in [-0.4, -0.2) is 25.8 Å². The number of carbonyl (C=O) groups excluding carboxylic acids is 1. The minimum atomic E-state index is 0.285. The molecule has 22 heavy (non-hydrogen) atoms. The minimum Gasteiger partial charge on any atom is -0.456 e. The van der Waals surface area contributed by atoms with Gasteiger partial charge in [0, 0.05) is 31.1 Å². The van der Waals surface area contributed by atoms with Crippen molar-refractivity contribution in [3.8, 4) is 22.8 Å². The van der Waals surface area contributed by atoms with Crippen LogP contribution in [0, 0.1) is 0 Å². The van der Waals surface area contributed by atoms with Gasteiger partial charge in [0.25, 0.3) is 0 Å². The fourth-order valence-corrected chi connectivity index (χ4v) is 1.87. The van der Waals surface area contributed by atoms with Crippen molar-refractivity contribution in [2.45, 2.75) is 0 Å². The van der Waals surface area contributed by atoms with Gasteiger partial charge in [-0.2, -0.15) is 5.10 Å². The number of hydrogen-bond acceptors (Lipinski definition) is 6. The number of isocyanates is 1. The highest BCUT2D eigenvalue weighted by Crippen LogP contribution is 2.25. The van der Waals surface area contributed by atoms with Gasteiger partial charge in [0.1, 0.15) is 11.5 Å². The second-order valence-electron chi connectivity index (χ2n) is 4.44. The Hall–Kier alpha value is -3.31. The molecule has 0 atom stereocenters. The van der Waals surface area contributed by atoms with Gasteiger partial charge < -0.3 is 4.74 Å². The normalized spacial score (nSPS) is 10.0. The number of pyridine rings is 2. The Kier molecular flexibility index (Phi) is 3.72. The van der Waals surface area contributed by atoms with Gasteiger partial charge in [0.05, 0.1) is 18.1 Å². The maximum atomic E-state index is 10.1. The molecular formula is C15H11N5O2. The van der Waals surface area contributed by atoms with E-state index < -0.39 is 0 Å². The molecule has 0 spiro atoms. The molecule has 0 N–H and O–H groups in total. The van der Waals surface area contributed by atoms with Crippen LogP contribution in [0.2, 0.25) is 0 Å². The van der Waals surface area contributed by atoms with Crippen molar-refractivity contribution >= 4 is 11.9 Å². The van der Waals surface area contributed by atoms with E-state index in [1.54, 1.807) is 35.3 Å². The first-order valence-corrected chi connectivity index (χ1v) is 6.41.